The number of halogens is 3. The first-order chi connectivity index (χ1) is 1.73. The molecule has 0 saturated carbocycles. The van der Waals surface area contributed by atoms with E-state index in [9.17, 15) is 0 Å². The van der Waals surface area contributed by atoms with Crippen molar-refractivity contribution in [3.8, 4) is 0 Å². The zero-order valence-electron chi connectivity index (χ0n) is 2.21. The van der Waals surface area contributed by atoms with Crippen molar-refractivity contribution < 1.29 is 0 Å². The minimum Gasteiger partial charge on any atom is -0.0874 e. The fourth-order valence-corrected chi connectivity index (χ4v) is 0. The van der Waals surface area contributed by atoms with Gasteiger partial charge in [-0.1, -0.05) is 34.8 Å². The van der Waals surface area contributed by atoms with Crippen LogP contribution in [0.2, 0.25) is 0 Å². The Hall–Kier alpha value is 1.41. The fraction of sp³-hybridized carbons (Fsp3) is 1.00. The van der Waals surface area contributed by atoms with Gasteiger partial charge in [0.15, 0.2) is 4.30 Å². The molecule has 4 radical (unpaired) electrons. The zero-order chi connectivity index (χ0) is 3.58. The van der Waals surface area contributed by atoms with Crippen LogP contribution in [-0.2, 0) is 0 Å². The van der Waals surface area contributed by atoms with E-state index in [1.165, 1.54) is 0 Å². The summed E-state index contributed by atoms with van der Waals surface area (Å²) in [6.45, 7) is 0. The molecule has 0 aliphatic heterocycles. The first-order valence-electron chi connectivity index (χ1n) is 0.655. The third kappa shape index (κ3) is 31.6. The van der Waals surface area contributed by atoms with Crippen LogP contribution >= 0.6 is 34.8 Å². The molecule has 0 bridgehead atoms. The van der Waals surface area contributed by atoms with Gasteiger partial charge in [0.25, 0.3) is 0 Å². The summed E-state index contributed by atoms with van der Waals surface area (Å²) in [4.78, 5) is 0. The number of alkyl halides is 3. The Morgan fingerprint density at radius 2 is 1.00 bits per heavy atom. The van der Waals surface area contributed by atoms with Crippen molar-refractivity contribution in [2.75, 3.05) is 0 Å². The van der Waals surface area contributed by atoms with E-state index < -0.39 is 4.30 Å². The second-order valence-electron chi connectivity index (χ2n) is 0.247. The molecule has 0 atom stereocenters. The van der Waals surface area contributed by atoms with Crippen molar-refractivity contribution in [2.45, 2.75) is 4.30 Å². The molecule has 5 heavy (non-hydrogen) atoms. The van der Waals surface area contributed by atoms with Gasteiger partial charge in [0.2, 0.25) is 0 Å². The average Bonchev–Trinajstić information content (AvgIpc) is 0.811. The van der Waals surface area contributed by atoms with Crippen LogP contribution in [0.15, 0.2) is 0 Å². The van der Waals surface area contributed by atoms with Gasteiger partial charge >= 0.3 is 0 Å². The van der Waals surface area contributed by atoms with Crippen molar-refractivity contribution in [2.24, 2.45) is 0 Å². The van der Waals surface area contributed by atoms with E-state index >= 15 is 0 Å². The van der Waals surface area contributed by atoms with Crippen molar-refractivity contribution >= 4 is 52.4 Å². The Morgan fingerprint density at radius 3 is 1.00 bits per heavy atom. The second kappa shape index (κ2) is 5.41. The number of hydrogen-bond acceptors (Lipinski definition) is 0. The van der Waals surface area contributed by atoms with Gasteiger partial charge in [0.05, 0.1) is 0 Å². The van der Waals surface area contributed by atoms with Crippen LogP contribution in [0.1, 0.15) is 0 Å². The molecular weight excluding hydrogens is 191 g/mol. The SMILES string of the molecule is ClC(Cl)Cl.[Ge]. The maximum absolute atomic E-state index is 4.81. The summed E-state index contributed by atoms with van der Waals surface area (Å²) in [5, 5.41) is 0. The fourth-order valence-electron chi connectivity index (χ4n) is 0. The van der Waals surface area contributed by atoms with Crippen LogP contribution in [0.25, 0.3) is 0 Å². The minimum absolute atomic E-state index is 0. The van der Waals surface area contributed by atoms with Crippen molar-refractivity contribution in [3.05, 3.63) is 0 Å². The van der Waals surface area contributed by atoms with Gasteiger partial charge in [-0.2, -0.15) is 0 Å². The smallest absolute Gasteiger partial charge is 0.0874 e. The quantitative estimate of drug-likeness (QED) is 0.404. The van der Waals surface area contributed by atoms with Gasteiger partial charge in [-0.05, 0) is 0 Å². The molecule has 0 aromatic rings. The Bertz CT molecular complexity index is 11.6. The molecule has 0 nitrogen and oxygen atoms in total. The Balaban J connectivity index is 0. The van der Waals surface area contributed by atoms with Crippen LogP contribution in [0.3, 0.4) is 0 Å². The first-order valence-corrected chi connectivity index (χ1v) is 1.96. The molecular formula is CHCl3Ge. The van der Waals surface area contributed by atoms with Gasteiger partial charge in [-0.25, -0.2) is 0 Å². The predicted octanol–water partition coefficient (Wildman–Crippen LogP) is 1.61. The largest absolute Gasteiger partial charge is 0.180 e. The molecule has 0 amide bonds. The number of hydrogen-bond donors (Lipinski definition) is 0. The Kier molecular flexibility index (Phi) is 10.4. The molecule has 0 aliphatic carbocycles. The summed E-state index contributed by atoms with van der Waals surface area (Å²) in [7, 11) is 0. The molecule has 0 aliphatic rings. The molecule has 30 valence electrons. The van der Waals surface area contributed by atoms with E-state index in [-0.39, 0.29) is 17.6 Å². The summed E-state index contributed by atoms with van der Waals surface area (Å²) in [6.07, 6.45) is 0. The van der Waals surface area contributed by atoms with E-state index in [4.69, 9.17) is 34.8 Å². The Labute approximate surface area is 56.7 Å². The molecule has 0 fully saturated rings. The maximum atomic E-state index is 4.81. The molecule has 0 spiro atoms. The monoisotopic (exact) mass is 192 g/mol. The third-order valence-electron chi connectivity index (χ3n) is 0. The van der Waals surface area contributed by atoms with Gasteiger partial charge in [0, 0.05) is 17.6 Å². The van der Waals surface area contributed by atoms with E-state index in [0.29, 0.717) is 0 Å². The summed E-state index contributed by atoms with van der Waals surface area (Å²) in [6, 6.07) is 0. The summed E-state index contributed by atoms with van der Waals surface area (Å²) >= 11 is 14.4. The van der Waals surface area contributed by atoms with Crippen molar-refractivity contribution in [1.82, 2.24) is 0 Å². The van der Waals surface area contributed by atoms with Crippen LogP contribution in [0.5, 0.6) is 0 Å². The summed E-state index contributed by atoms with van der Waals surface area (Å²) in [5.74, 6) is 0. The third-order valence-corrected chi connectivity index (χ3v) is 0. The molecule has 0 N–H and O–H groups in total. The van der Waals surface area contributed by atoms with Crippen LogP contribution < -0.4 is 0 Å². The molecule has 0 saturated heterocycles. The number of rotatable bonds is 0. The summed E-state index contributed by atoms with van der Waals surface area (Å²) in [5.41, 5.74) is 0. The van der Waals surface area contributed by atoms with Crippen LogP contribution in [0, 0.1) is 0 Å². The molecule has 0 unspecified atom stereocenters. The van der Waals surface area contributed by atoms with Gasteiger partial charge in [-0.15, -0.1) is 0 Å². The molecule has 0 rings (SSSR count). The first kappa shape index (κ1) is 9.65. The van der Waals surface area contributed by atoms with Gasteiger partial charge in [-0.3, -0.25) is 0 Å². The zero-order valence-corrected chi connectivity index (χ0v) is 6.58. The van der Waals surface area contributed by atoms with Crippen molar-refractivity contribution in [3.63, 3.8) is 0 Å². The molecule has 0 heterocycles. The minimum atomic E-state index is -0.750. The van der Waals surface area contributed by atoms with Gasteiger partial charge in [0.1, 0.15) is 0 Å². The Morgan fingerprint density at radius 1 is 1.00 bits per heavy atom. The molecule has 4 heteroatoms. The van der Waals surface area contributed by atoms with Crippen LogP contribution in [0.4, 0.5) is 0 Å². The van der Waals surface area contributed by atoms with Gasteiger partial charge < -0.3 is 0 Å². The normalized spacial score (nSPS) is 7.20. The average molecular weight is 192 g/mol. The summed E-state index contributed by atoms with van der Waals surface area (Å²) < 4.78 is -0.750. The predicted molar refractivity (Wildman–Crippen MR) is 27.1 cm³/mol. The van der Waals surface area contributed by atoms with E-state index in [1.807, 2.05) is 0 Å². The second-order valence-corrected chi connectivity index (χ2v) is 2.23. The molecule has 0 aromatic carbocycles. The van der Waals surface area contributed by atoms with Crippen LogP contribution in [-0.4, -0.2) is 21.9 Å². The molecule has 0 aromatic heterocycles. The maximum Gasteiger partial charge on any atom is 0.180 e. The van der Waals surface area contributed by atoms with E-state index in [1.54, 1.807) is 0 Å². The van der Waals surface area contributed by atoms with E-state index in [0.717, 1.165) is 0 Å². The van der Waals surface area contributed by atoms with E-state index in [2.05, 4.69) is 0 Å². The van der Waals surface area contributed by atoms with Crippen molar-refractivity contribution in [1.29, 1.82) is 0 Å². The standard InChI is InChI=1S/CHCl3.Ge/c2-1(3)4;/h1H;. The topological polar surface area (TPSA) is 0 Å².